The maximum absolute atomic E-state index is 12.9. The highest BCUT2D eigenvalue weighted by Gasteiger charge is 2.40. The Kier molecular flexibility index (Phi) is 4.45. The molecule has 0 radical (unpaired) electrons. The number of anilines is 1. The van der Waals surface area contributed by atoms with Crippen LogP contribution in [-0.4, -0.2) is 19.4 Å². The fourth-order valence-corrected chi connectivity index (χ4v) is 4.31. The SMILES string of the molecule is Cc1ccc(S(=O)(=O)N(c2ccc(C(F)(F)F)c(Cl)n2)C2CC2)cc1. The van der Waals surface area contributed by atoms with Gasteiger partial charge in [0.1, 0.15) is 11.0 Å². The molecule has 1 fully saturated rings. The molecule has 0 unspecified atom stereocenters. The van der Waals surface area contributed by atoms with Crippen molar-refractivity contribution in [3.63, 3.8) is 0 Å². The van der Waals surface area contributed by atoms with Gasteiger partial charge in [-0.05, 0) is 44.0 Å². The molecule has 1 aromatic carbocycles. The molecule has 1 saturated carbocycles. The molecule has 0 aliphatic heterocycles. The average molecular weight is 391 g/mol. The molecule has 0 atom stereocenters. The summed E-state index contributed by atoms with van der Waals surface area (Å²) < 4.78 is 65.4. The van der Waals surface area contributed by atoms with E-state index in [-0.39, 0.29) is 16.8 Å². The zero-order valence-corrected chi connectivity index (χ0v) is 14.7. The van der Waals surface area contributed by atoms with E-state index >= 15 is 0 Å². The lowest BCUT2D eigenvalue weighted by Crippen LogP contribution is -2.34. The largest absolute Gasteiger partial charge is 0.419 e. The van der Waals surface area contributed by atoms with E-state index in [2.05, 4.69) is 4.98 Å². The number of nitrogens with zero attached hydrogens (tertiary/aromatic N) is 2. The molecular weight excluding hydrogens is 377 g/mol. The molecule has 0 amide bonds. The lowest BCUT2D eigenvalue weighted by molar-refractivity contribution is -0.137. The molecule has 0 N–H and O–H groups in total. The highest BCUT2D eigenvalue weighted by Crippen LogP contribution is 2.39. The van der Waals surface area contributed by atoms with Crippen LogP contribution in [-0.2, 0) is 16.2 Å². The Balaban J connectivity index is 2.05. The van der Waals surface area contributed by atoms with Crippen LogP contribution < -0.4 is 4.31 Å². The molecule has 9 heteroatoms. The van der Waals surface area contributed by atoms with Gasteiger partial charge in [0.15, 0.2) is 0 Å². The summed E-state index contributed by atoms with van der Waals surface area (Å²) in [5.41, 5.74) is -0.200. The Morgan fingerprint density at radius 3 is 2.20 bits per heavy atom. The minimum atomic E-state index is -4.65. The average Bonchev–Trinajstić information content (AvgIpc) is 3.31. The van der Waals surface area contributed by atoms with Crippen LogP contribution in [0.3, 0.4) is 0 Å². The summed E-state index contributed by atoms with van der Waals surface area (Å²) in [6.07, 6.45) is -3.42. The zero-order chi connectivity index (χ0) is 18.4. The molecule has 134 valence electrons. The van der Waals surface area contributed by atoms with Crippen molar-refractivity contribution in [2.24, 2.45) is 0 Å². The maximum atomic E-state index is 12.9. The van der Waals surface area contributed by atoms with Crippen molar-refractivity contribution < 1.29 is 21.6 Å². The maximum Gasteiger partial charge on any atom is 0.419 e. The summed E-state index contributed by atoms with van der Waals surface area (Å²) in [5.74, 6) is -0.110. The molecule has 2 aromatic rings. The number of rotatable bonds is 4. The van der Waals surface area contributed by atoms with Crippen molar-refractivity contribution in [2.45, 2.75) is 36.9 Å². The third kappa shape index (κ3) is 3.59. The van der Waals surface area contributed by atoms with E-state index in [0.717, 1.165) is 22.0 Å². The smallest absolute Gasteiger partial charge is 0.247 e. The monoisotopic (exact) mass is 390 g/mol. The number of hydrogen-bond acceptors (Lipinski definition) is 3. The van der Waals surface area contributed by atoms with Crippen molar-refractivity contribution in [2.75, 3.05) is 4.31 Å². The second kappa shape index (κ2) is 6.17. The van der Waals surface area contributed by atoms with Gasteiger partial charge in [0, 0.05) is 6.04 Å². The number of alkyl halides is 3. The lowest BCUT2D eigenvalue weighted by atomic mass is 10.2. The Labute approximate surface area is 148 Å². The topological polar surface area (TPSA) is 50.3 Å². The molecule has 1 aliphatic carbocycles. The van der Waals surface area contributed by atoms with E-state index in [1.54, 1.807) is 12.1 Å². The highest BCUT2D eigenvalue weighted by atomic mass is 35.5. The normalized spacial score (nSPS) is 15.2. The first-order valence-corrected chi connectivity index (χ1v) is 9.27. The number of aromatic nitrogens is 1. The first-order valence-electron chi connectivity index (χ1n) is 7.45. The van der Waals surface area contributed by atoms with Crippen molar-refractivity contribution >= 4 is 27.4 Å². The van der Waals surface area contributed by atoms with Crippen LogP contribution >= 0.6 is 11.6 Å². The summed E-state index contributed by atoms with van der Waals surface area (Å²) in [5, 5.41) is -0.769. The van der Waals surface area contributed by atoms with Gasteiger partial charge in [-0.25, -0.2) is 17.7 Å². The first-order chi connectivity index (χ1) is 11.6. The second-order valence-corrected chi connectivity index (χ2v) is 8.02. The standard InChI is InChI=1S/C16H14ClF3N2O2S/c1-10-2-6-12(7-3-10)25(23,24)22(11-4-5-11)14-9-8-13(15(17)21-14)16(18,19)20/h2-3,6-9,11H,4-5H2,1H3. The van der Waals surface area contributed by atoms with Gasteiger partial charge in [-0.1, -0.05) is 29.3 Å². The van der Waals surface area contributed by atoms with Gasteiger partial charge >= 0.3 is 6.18 Å². The van der Waals surface area contributed by atoms with Crippen molar-refractivity contribution in [1.29, 1.82) is 0 Å². The van der Waals surface area contributed by atoms with Crippen LogP contribution in [0.25, 0.3) is 0 Å². The molecule has 1 aromatic heterocycles. The predicted octanol–water partition coefficient (Wildman–Crippen LogP) is 4.42. The van der Waals surface area contributed by atoms with E-state index in [9.17, 15) is 21.6 Å². The van der Waals surface area contributed by atoms with Crippen LogP contribution in [0, 0.1) is 6.92 Å². The Hall–Kier alpha value is -1.80. The molecule has 3 rings (SSSR count). The summed E-state index contributed by atoms with van der Waals surface area (Å²) in [6, 6.07) is 7.71. The van der Waals surface area contributed by atoms with Crippen molar-refractivity contribution in [3.8, 4) is 0 Å². The molecule has 1 heterocycles. The number of pyridine rings is 1. The summed E-state index contributed by atoms with van der Waals surface area (Å²) in [7, 11) is -3.94. The third-order valence-electron chi connectivity index (χ3n) is 3.82. The number of benzene rings is 1. The number of halogens is 4. The van der Waals surface area contributed by atoms with Crippen LogP contribution in [0.4, 0.5) is 19.0 Å². The summed E-state index contributed by atoms with van der Waals surface area (Å²) in [4.78, 5) is 3.76. The summed E-state index contributed by atoms with van der Waals surface area (Å²) in [6.45, 7) is 1.83. The van der Waals surface area contributed by atoms with Crippen LogP contribution in [0.15, 0.2) is 41.3 Å². The zero-order valence-electron chi connectivity index (χ0n) is 13.1. The van der Waals surface area contributed by atoms with Crippen LogP contribution in [0.5, 0.6) is 0 Å². The fourth-order valence-electron chi connectivity index (χ4n) is 2.40. The Morgan fingerprint density at radius 1 is 1.12 bits per heavy atom. The quantitative estimate of drug-likeness (QED) is 0.726. The van der Waals surface area contributed by atoms with Crippen molar-refractivity contribution in [1.82, 2.24) is 4.98 Å². The molecule has 4 nitrogen and oxygen atoms in total. The van der Waals surface area contributed by atoms with E-state index in [1.807, 2.05) is 6.92 Å². The van der Waals surface area contributed by atoms with Gasteiger partial charge in [-0.3, -0.25) is 0 Å². The molecule has 25 heavy (non-hydrogen) atoms. The Bertz CT molecular complexity index is 895. The molecular formula is C16H14ClF3N2O2S. The molecule has 0 bridgehead atoms. The molecule has 0 saturated heterocycles. The van der Waals surface area contributed by atoms with Gasteiger partial charge in [-0.15, -0.1) is 0 Å². The minimum Gasteiger partial charge on any atom is -0.247 e. The van der Waals surface area contributed by atoms with E-state index in [4.69, 9.17) is 11.6 Å². The number of sulfonamides is 1. The van der Waals surface area contributed by atoms with Gasteiger partial charge in [-0.2, -0.15) is 13.2 Å². The number of aryl methyl sites for hydroxylation is 1. The van der Waals surface area contributed by atoms with E-state index in [1.165, 1.54) is 12.1 Å². The van der Waals surface area contributed by atoms with Crippen LogP contribution in [0.2, 0.25) is 5.15 Å². The predicted molar refractivity (Wildman–Crippen MR) is 88.1 cm³/mol. The van der Waals surface area contributed by atoms with E-state index in [0.29, 0.717) is 12.8 Å². The second-order valence-electron chi connectivity index (χ2n) is 5.85. The van der Waals surface area contributed by atoms with Gasteiger partial charge in [0.25, 0.3) is 10.0 Å². The molecule has 1 aliphatic rings. The number of hydrogen-bond donors (Lipinski definition) is 0. The van der Waals surface area contributed by atoms with Gasteiger partial charge in [0.2, 0.25) is 0 Å². The highest BCUT2D eigenvalue weighted by molar-refractivity contribution is 7.92. The molecule has 0 spiro atoms. The summed E-state index contributed by atoms with van der Waals surface area (Å²) >= 11 is 5.65. The minimum absolute atomic E-state index is 0.0582. The van der Waals surface area contributed by atoms with Crippen molar-refractivity contribution in [3.05, 3.63) is 52.7 Å². The van der Waals surface area contributed by atoms with Gasteiger partial charge < -0.3 is 0 Å². The lowest BCUT2D eigenvalue weighted by Gasteiger charge is -2.24. The van der Waals surface area contributed by atoms with Crippen LogP contribution in [0.1, 0.15) is 24.0 Å². The van der Waals surface area contributed by atoms with Gasteiger partial charge in [0.05, 0.1) is 10.5 Å². The Morgan fingerprint density at radius 2 is 1.72 bits per heavy atom. The first kappa shape index (κ1) is 18.0. The third-order valence-corrected chi connectivity index (χ3v) is 5.98. The fraction of sp³-hybridized carbons (Fsp3) is 0.312. The van der Waals surface area contributed by atoms with E-state index < -0.39 is 26.9 Å².